The van der Waals surface area contributed by atoms with Crippen LogP contribution in [0.1, 0.15) is 23.8 Å². The van der Waals surface area contributed by atoms with Crippen molar-refractivity contribution in [2.75, 3.05) is 0 Å². The van der Waals surface area contributed by atoms with E-state index in [-0.39, 0.29) is 0 Å². The lowest BCUT2D eigenvalue weighted by Crippen LogP contribution is -2.11. The summed E-state index contributed by atoms with van der Waals surface area (Å²) in [5.74, 6) is 1.38. The Bertz CT molecular complexity index is 695. The molecule has 2 atom stereocenters. The molecule has 1 N–H and O–H groups in total. The number of thiol groups is 1. The smallest absolute Gasteiger partial charge is 0.162 e. The number of aliphatic hydroxyl groups excluding tert-OH is 1. The number of aliphatic imine (C=N–C) groups is 1. The summed E-state index contributed by atoms with van der Waals surface area (Å²) < 4.78 is 2.01. The molecule has 4 nitrogen and oxygen atoms in total. The van der Waals surface area contributed by atoms with Gasteiger partial charge in [-0.2, -0.15) is 0 Å². The van der Waals surface area contributed by atoms with Gasteiger partial charge in [-0.3, -0.25) is 3.97 Å². The highest BCUT2D eigenvalue weighted by atomic mass is 35.5. The van der Waals surface area contributed by atoms with E-state index in [0.717, 1.165) is 16.4 Å². The maximum atomic E-state index is 10.8. The van der Waals surface area contributed by atoms with Crippen molar-refractivity contribution in [1.29, 1.82) is 0 Å². The molecule has 2 unspecified atom stereocenters. The fourth-order valence-corrected chi connectivity index (χ4v) is 5.32. The third-order valence-electron chi connectivity index (χ3n) is 3.65. The standard InChI is InChI=1S/C14H14ClN3OS/c15-11-4-2-1-3-10(11)14(19)20-13(9-5-6-9)17-12-7-16-8-18(12)20/h1-4,7-9,14,19-20H,5-6H2. The van der Waals surface area contributed by atoms with E-state index >= 15 is 0 Å². The van der Waals surface area contributed by atoms with Crippen molar-refractivity contribution in [3.05, 3.63) is 47.4 Å². The molecule has 1 aromatic heterocycles. The number of benzene rings is 1. The Kier molecular flexibility index (Phi) is 2.87. The summed E-state index contributed by atoms with van der Waals surface area (Å²) in [6, 6.07) is 7.47. The van der Waals surface area contributed by atoms with Crippen LogP contribution in [0.25, 0.3) is 0 Å². The Hall–Kier alpha value is -1.30. The van der Waals surface area contributed by atoms with E-state index in [4.69, 9.17) is 11.6 Å². The second kappa shape index (κ2) is 4.62. The van der Waals surface area contributed by atoms with Crippen LogP contribution in [-0.2, 0) is 0 Å². The lowest BCUT2D eigenvalue weighted by molar-refractivity contribution is 0.268. The number of fused-ring (bicyclic) bond motifs is 1. The zero-order chi connectivity index (χ0) is 13.7. The molecule has 2 aromatic rings. The van der Waals surface area contributed by atoms with E-state index in [2.05, 4.69) is 9.98 Å². The molecule has 0 radical (unpaired) electrons. The van der Waals surface area contributed by atoms with Crippen molar-refractivity contribution in [3.63, 3.8) is 0 Å². The predicted octanol–water partition coefficient (Wildman–Crippen LogP) is 3.45. The molecule has 1 aliphatic heterocycles. The molecular formula is C14H14ClN3OS. The van der Waals surface area contributed by atoms with Crippen LogP contribution in [0, 0.1) is 5.92 Å². The molecule has 2 aliphatic rings. The minimum atomic E-state index is -0.943. The molecule has 104 valence electrons. The van der Waals surface area contributed by atoms with E-state index in [0.29, 0.717) is 10.9 Å². The SMILES string of the molecule is OC(c1ccccc1Cl)[SH]1C(C2CC2)=Nc2cncn21. The molecule has 0 bridgehead atoms. The van der Waals surface area contributed by atoms with E-state index in [1.54, 1.807) is 12.5 Å². The summed E-state index contributed by atoms with van der Waals surface area (Å²) in [6.45, 7) is 0. The fourth-order valence-electron chi connectivity index (χ4n) is 2.49. The van der Waals surface area contributed by atoms with Gasteiger partial charge in [0.2, 0.25) is 0 Å². The van der Waals surface area contributed by atoms with Gasteiger partial charge in [0, 0.05) is 16.5 Å². The molecule has 4 rings (SSSR count). The number of halogens is 1. The second-order valence-electron chi connectivity index (χ2n) is 5.08. The highest BCUT2D eigenvalue weighted by Crippen LogP contribution is 2.56. The van der Waals surface area contributed by atoms with E-state index in [1.807, 2.05) is 28.2 Å². The van der Waals surface area contributed by atoms with E-state index in [9.17, 15) is 5.11 Å². The maximum Gasteiger partial charge on any atom is 0.162 e. The highest BCUT2D eigenvalue weighted by Gasteiger charge is 2.39. The van der Waals surface area contributed by atoms with Crippen LogP contribution in [0.2, 0.25) is 5.02 Å². The van der Waals surface area contributed by atoms with Crippen LogP contribution in [0.4, 0.5) is 5.82 Å². The summed E-state index contributed by atoms with van der Waals surface area (Å²) in [4.78, 5) is 8.81. The van der Waals surface area contributed by atoms with Gasteiger partial charge in [0.05, 0.1) is 11.2 Å². The van der Waals surface area contributed by atoms with Crippen LogP contribution in [0.15, 0.2) is 41.8 Å². The number of aromatic nitrogens is 2. The van der Waals surface area contributed by atoms with Crippen molar-refractivity contribution in [3.8, 4) is 0 Å². The second-order valence-corrected chi connectivity index (χ2v) is 7.56. The Morgan fingerprint density at radius 1 is 1.35 bits per heavy atom. The van der Waals surface area contributed by atoms with Gasteiger partial charge >= 0.3 is 0 Å². The molecule has 2 heterocycles. The van der Waals surface area contributed by atoms with Gasteiger partial charge in [-0.15, -0.1) is 0 Å². The summed E-state index contributed by atoms with van der Waals surface area (Å²) in [7, 11) is 0. The third kappa shape index (κ3) is 1.89. The van der Waals surface area contributed by atoms with Crippen LogP contribution in [-0.4, -0.2) is 19.1 Å². The number of imidazole rings is 1. The molecule has 6 heteroatoms. The summed E-state index contributed by atoms with van der Waals surface area (Å²) in [5.41, 5.74) is 0.142. The van der Waals surface area contributed by atoms with Gasteiger partial charge < -0.3 is 5.11 Å². The molecule has 0 saturated heterocycles. The normalized spacial score (nSPS) is 24.3. The van der Waals surface area contributed by atoms with Crippen molar-refractivity contribution in [1.82, 2.24) is 8.96 Å². The Balaban J connectivity index is 1.77. The molecule has 1 aromatic carbocycles. The van der Waals surface area contributed by atoms with Crippen molar-refractivity contribution in [2.24, 2.45) is 10.9 Å². The number of hydrogen-bond acceptors (Lipinski definition) is 3. The van der Waals surface area contributed by atoms with Gasteiger partial charge in [-0.25, -0.2) is 9.98 Å². The van der Waals surface area contributed by atoms with E-state index in [1.165, 1.54) is 12.8 Å². The lowest BCUT2D eigenvalue weighted by Gasteiger charge is -2.27. The Morgan fingerprint density at radius 3 is 2.90 bits per heavy atom. The van der Waals surface area contributed by atoms with Crippen molar-refractivity contribution in [2.45, 2.75) is 18.3 Å². The van der Waals surface area contributed by atoms with Gasteiger partial charge in [-0.05, 0) is 18.9 Å². The minimum absolute atomic E-state index is 0.526. The molecule has 1 fully saturated rings. The topological polar surface area (TPSA) is 50.4 Å². The first-order chi connectivity index (χ1) is 9.75. The molecule has 1 saturated carbocycles. The Labute approximate surface area is 124 Å². The van der Waals surface area contributed by atoms with Gasteiger partial charge in [0.15, 0.2) is 5.82 Å². The molecule has 0 amide bonds. The summed E-state index contributed by atoms with van der Waals surface area (Å²) >= 11 is 5.28. The molecule has 1 aliphatic carbocycles. The van der Waals surface area contributed by atoms with Crippen LogP contribution in [0.3, 0.4) is 0 Å². The van der Waals surface area contributed by atoms with Crippen LogP contribution >= 0.6 is 22.7 Å². The highest BCUT2D eigenvalue weighted by molar-refractivity contribution is 8.29. The first-order valence-electron chi connectivity index (χ1n) is 6.58. The predicted molar refractivity (Wildman–Crippen MR) is 82.8 cm³/mol. The first-order valence-corrected chi connectivity index (χ1v) is 8.33. The number of aliphatic hydroxyl groups is 1. The molecular weight excluding hydrogens is 294 g/mol. The number of nitrogens with zero attached hydrogens (tertiary/aromatic N) is 3. The zero-order valence-corrected chi connectivity index (χ0v) is 12.3. The number of rotatable bonds is 3. The summed E-state index contributed by atoms with van der Waals surface area (Å²) in [5, 5.41) is 12.6. The van der Waals surface area contributed by atoms with Gasteiger partial charge in [0.25, 0.3) is 0 Å². The maximum absolute atomic E-state index is 10.8. The van der Waals surface area contributed by atoms with Gasteiger partial charge in [-0.1, -0.05) is 40.9 Å². The Morgan fingerprint density at radius 2 is 2.15 bits per heavy atom. The quantitative estimate of drug-likeness (QED) is 0.853. The zero-order valence-electron chi connectivity index (χ0n) is 10.6. The monoisotopic (exact) mass is 307 g/mol. The summed E-state index contributed by atoms with van der Waals surface area (Å²) in [6.07, 6.45) is 5.86. The fraction of sp³-hybridized carbons (Fsp3) is 0.286. The largest absolute Gasteiger partial charge is 0.378 e. The number of hydrogen-bond donors (Lipinski definition) is 2. The van der Waals surface area contributed by atoms with Crippen molar-refractivity contribution < 1.29 is 5.11 Å². The lowest BCUT2D eigenvalue weighted by atomic mass is 10.2. The van der Waals surface area contributed by atoms with Gasteiger partial charge in [0.1, 0.15) is 11.8 Å². The average molecular weight is 308 g/mol. The van der Waals surface area contributed by atoms with E-state index < -0.39 is 16.5 Å². The third-order valence-corrected chi connectivity index (χ3v) is 6.45. The minimum Gasteiger partial charge on any atom is -0.378 e. The first kappa shape index (κ1) is 12.4. The van der Waals surface area contributed by atoms with Crippen LogP contribution in [0.5, 0.6) is 0 Å². The van der Waals surface area contributed by atoms with Crippen LogP contribution < -0.4 is 0 Å². The molecule has 0 spiro atoms. The molecule has 20 heavy (non-hydrogen) atoms. The van der Waals surface area contributed by atoms with Crippen molar-refractivity contribution >= 4 is 33.5 Å². The average Bonchev–Trinajstić information content (AvgIpc) is 3.08.